The van der Waals surface area contributed by atoms with Crippen molar-refractivity contribution in [3.63, 3.8) is 0 Å². The van der Waals surface area contributed by atoms with Crippen molar-refractivity contribution in [2.45, 2.75) is 24.8 Å². The minimum atomic E-state index is -3.92. The van der Waals surface area contributed by atoms with Gasteiger partial charge in [-0.2, -0.15) is 0 Å². The van der Waals surface area contributed by atoms with Gasteiger partial charge in [-0.05, 0) is 56.3 Å². The molecular weight excluding hydrogens is 372 g/mol. The van der Waals surface area contributed by atoms with Crippen LogP contribution in [-0.4, -0.2) is 34.6 Å². The summed E-state index contributed by atoms with van der Waals surface area (Å²) in [6, 6.07) is 10.3. The average Bonchev–Trinajstić information content (AvgIpc) is 2.66. The van der Waals surface area contributed by atoms with Crippen LogP contribution in [0.5, 0.6) is 17.2 Å². The van der Waals surface area contributed by atoms with Crippen molar-refractivity contribution in [2.24, 2.45) is 0 Å². The van der Waals surface area contributed by atoms with Gasteiger partial charge in [0.2, 0.25) is 0 Å². The Hall–Kier alpha value is -2.78. The van der Waals surface area contributed by atoms with E-state index in [9.17, 15) is 13.2 Å². The molecule has 2 rings (SSSR count). The summed E-state index contributed by atoms with van der Waals surface area (Å²) in [4.78, 5) is 14.3. The van der Waals surface area contributed by atoms with Gasteiger partial charge in [-0.3, -0.25) is 10.2 Å². The molecule has 0 aliphatic rings. The maximum Gasteiger partial charge on any atom is 0.266 e. The van der Waals surface area contributed by atoms with E-state index in [-0.39, 0.29) is 16.6 Å². The number of amides is 1. The second-order valence-electron chi connectivity index (χ2n) is 5.77. The van der Waals surface area contributed by atoms with Gasteiger partial charge in [-0.1, -0.05) is 0 Å². The van der Waals surface area contributed by atoms with Gasteiger partial charge in [0.25, 0.3) is 15.9 Å². The van der Waals surface area contributed by atoms with E-state index < -0.39 is 15.9 Å². The molecule has 9 heteroatoms. The summed E-state index contributed by atoms with van der Waals surface area (Å²) < 4.78 is 40.3. The van der Waals surface area contributed by atoms with Crippen molar-refractivity contribution in [2.75, 3.05) is 14.2 Å². The second kappa shape index (κ2) is 8.74. The molecule has 0 radical (unpaired) electrons. The van der Waals surface area contributed by atoms with E-state index in [2.05, 4.69) is 10.3 Å². The number of ether oxygens (including phenoxy) is 3. The predicted molar refractivity (Wildman–Crippen MR) is 99.5 cm³/mol. The molecule has 0 spiro atoms. The maximum absolute atomic E-state index is 12.3. The van der Waals surface area contributed by atoms with Gasteiger partial charge >= 0.3 is 0 Å². The van der Waals surface area contributed by atoms with E-state index in [0.29, 0.717) is 17.2 Å². The highest BCUT2D eigenvalue weighted by Gasteiger charge is 2.17. The van der Waals surface area contributed by atoms with E-state index in [1.165, 1.54) is 50.6 Å². The highest BCUT2D eigenvalue weighted by atomic mass is 32.2. The van der Waals surface area contributed by atoms with Crippen molar-refractivity contribution in [3.8, 4) is 17.2 Å². The van der Waals surface area contributed by atoms with Crippen LogP contribution in [0, 0.1) is 0 Å². The fourth-order valence-electron chi connectivity index (χ4n) is 2.16. The first kappa shape index (κ1) is 20.5. The summed E-state index contributed by atoms with van der Waals surface area (Å²) in [6.07, 6.45) is -0.0603. The Kier molecular flexibility index (Phi) is 6.65. The first-order chi connectivity index (χ1) is 12.8. The van der Waals surface area contributed by atoms with Gasteiger partial charge in [-0.15, -0.1) is 4.83 Å². The van der Waals surface area contributed by atoms with Crippen LogP contribution in [0.2, 0.25) is 0 Å². The number of carbonyl (C=O) groups is 1. The van der Waals surface area contributed by atoms with Gasteiger partial charge in [0.15, 0.2) is 11.5 Å². The van der Waals surface area contributed by atoms with E-state index in [1.54, 1.807) is 6.07 Å². The summed E-state index contributed by atoms with van der Waals surface area (Å²) in [5, 5.41) is 0. The fraction of sp³-hybridized carbons (Fsp3) is 0.278. The summed E-state index contributed by atoms with van der Waals surface area (Å²) in [6.45, 7) is 3.74. The lowest BCUT2D eigenvalue weighted by Gasteiger charge is -2.14. The van der Waals surface area contributed by atoms with Crippen LogP contribution in [0.15, 0.2) is 47.4 Å². The first-order valence-corrected chi connectivity index (χ1v) is 9.56. The molecule has 0 aliphatic carbocycles. The lowest BCUT2D eigenvalue weighted by atomic mass is 10.2. The van der Waals surface area contributed by atoms with Crippen LogP contribution >= 0.6 is 0 Å². The minimum Gasteiger partial charge on any atom is -0.497 e. The van der Waals surface area contributed by atoms with Crippen LogP contribution in [0.4, 0.5) is 0 Å². The third-order valence-electron chi connectivity index (χ3n) is 3.46. The number of hydrazine groups is 1. The third-order valence-corrected chi connectivity index (χ3v) is 4.72. The van der Waals surface area contributed by atoms with Crippen LogP contribution < -0.4 is 24.5 Å². The molecule has 0 heterocycles. The number of sulfonamides is 1. The first-order valence-electron chi connectivity index (χ1n) is 8.07. The summed E-state index contributed by atoms with van der Waals surface area (Å²) >= 11 is 0. The molecule has 0 saturated heterocycles. The zero-order valence-electron chi connectivity index (χ0n) is 15.5. The number of nitrogens with one attached hydrogen (secondary N) is 2. The summed E-state index contributed by atoms with van der Waals surface area (Å²) in [7, 11) is -0.987. The Bertz CT molecular complexity index is 895. The molecule has 0 bridgehead atoms. The second-order valence-corrected chi connectivity index (χ2v) is 7.45. The molecule has 0 saturated carbocycles. The van der Waals surface area contributed by atoms with Crippen LogP contribution in [0.1, 0.15) is 24.2 Å². The van der Waals surface area contributed by atoms with Crippen LogP contribution in [-0.2, 0) is 10.0 Å². The quantitative estimate of drug-likeness (QED) is 0.665. The highest BCUT2D eigenvalue weighted by Crippen LogP contribution is 2.28. The SMILES string of the molecule is COc1ccc(S(=O)(=O)NNC(=O)c2ccc(OC(C)C)c(OC)c2)cc1. The Labute approximate surface area is 158 Å². The summed E-state index contributed by atoms with van der Waals surface area (Å²) in [5.41, 5.74) is 2.38. The topological polar surface area (TPSA) is 103 Å². The normalized spacial score (nSPS) is 11.1. The maximum atomic E-state index is 12.3. The third kappa shape index (κ3) is 5.35. The molecular formula is C18H22N2O6S. The lowest BCUT2D eigenvalue weighted by Crippen LogP contribution is -2.41. The smallest absolute Gasteiger partial charge is 0.266 e. The zero-order chi connectivity index (χ0) is 20.0. The average molecular weight is 394 g/mol. The molecule has 27 heavy (non-hydrogen) atoms. The molecule has 1 amide bonds. The highest BCUT2D eigenvalue weighted by molar-refractivity contribution is 7.89. The van der Waals surface area contributed by atoms with Gasteiger partial charge in [0.1, 0.15) is 5.75 Å². The number of hydrogen-bond donors (Lipinski definition) is 2. The van der Waals surface area contributed by atoms with Crippen molar-refractivity contribution in [3.05, 3.63) is 48.0 Å². The minimum absolute atomic E-state index is 0.0122. The lowest BCUT2D eigenvalue weighted by molar-refractivity contribution is 0.0944. The van der Waals surface area contributed by atoms with Crippen LogP contribution in [0.25, 0.3) is 0 Å². The van der Waals surface area contributed by atoms with Gasteiger partial charge < -0.3 is 14.2 Å². The number of benzene rings is 2. The Morgan fingerprint density at radius 3 is 2.19 bits per heavy atom. The number of hydrogen-bond acceptors (Lipinski definition) is 6. The van der Waals surface area contributed by atoms with Crippen molar-refractivity contribution in [1.29, 1.82) is 0 Å². The van der Waals surface area contributed by atoms with E-state index in [0.717, 1.165) is 0 Å². The van der Waals surface area contributed by atoms with Crippen molar-refractivity contribution in [1.82, 2.24) is 10.3 Å². The molecule has 146 valence electrons. The van der Waals surface area contributed by atoms with Crippen molar-refractivity contribution < 1.29 is 27.4 Å². The zero-order valence-corrected chi connectivity index (χ0v) is 16.3. The van der Waals surface area contributed by atoms with E-state index in [4.69, 9.17) is 14.2 Å². The number of methoxy groups -OCH3 is 2. The molecule has 2 aromatic rings. The number of rotatable bonds is 8. The Balaban J connectivity index is 2.10. The Morgan fingerprint density at radius 2 is 1.63 bits per heavy atom. The van der Waals surface area contributed by atoms with E-state index in [1.807, 2.05) is 13.8 Å². The standard InChI is InChI=1S/C18H22N2O6S/c1-12(2)26-16-10-5-13(11-17(16)25-4)18(21)19-20-27(22,23)15-8-6-14(24-3)7-9-15/h5-12,20H,1-4H3,(H,19,21). The molecule has 0 unspecified atom stereocenters. The molecule has 2 N–H and O–H groups in total. The monoisotopic (exact) mass is 394 g/mol. The van der Waals surface area contributed by atoms with Gasteiger partial charge in [0, 0.05) is 5.56 Å². The molecule has 0 aromatic heterocycles. The van der Waals surface area contributed by atoms with Gasteiger partial charge in [-0.25, -0.2) is 8.42 Å². The van der Waals surface area contributed by atoms with Crippen LogP contribution in [0.3, 0.4) is 0 Å². The van der Waals surface area contributed by atoms with Gasteiger partial charge in [0.05, 0.1) is 25.2 Å². The molecule has 8 nitrogen and oxygen atoms in total. The fourth-order valence-corrected chi connectivity index (χ4v) is 3.00. The predicted octanol–water partition coefficient (Wildman–Crippen LogP) is 2.11. The van der Waals surface area contributed by atoms with E-state index >= 15 is 0 Å². The molecule has 2 aromatic carbocycles. The molecule has 0 atom stereocenters. The molecule has 0 fully saturated rings. The molecule has 0 aliphatic heterocycles. The number of carbonyl (C=O) groups excluding carboxylic acids is 1. The Morgan fingerprint density at radius 1 is 0.963 bits per heavy atom. The largest absolute Gasteiger partial charge is 0.497 e. The summed E-state index contributed by atoms with van der Waals surface area (Å²) in [5.74, 6) is 0.743. The van der Waals surface area contributed by atoms with Crippen molar-refractivity contribution >= 4 is 15.9 Å².